The highest BCUT2D eigenvalue weighted by atomic mass is 16.2. The van der Waals surface area contributed by atoms with Crippen molar-refractivity contribution in [2.24, 2.45) is 4.99 Å². The van der Waals surface area contributed by atoms with Gasteiger partial charge in [-0.1, -0.05) is 19.4 Å². The molecule has 0 aliphatic carbocycles. The van der Waals surface area contributed by atoms with Crippen LogP contribution in [0.3, 0.4) is 0 Å². The van der Waals surface area contributed by atoms with Crippen molar-refractivity contribution in [1.82, 2.24) is 4.90 Å². The Balaban J connectivity index is 2.45. The summed E-state index contributed by atoms with van der Waals surface area (Å²) in [5.74, 6) is 0.0441. The summed E-state index contributed by atoms with van der Waals surface area (Å²) in [6.45, 7) is 6.10. The largest absolute Gasteiger partial charge is 0.339 e. The molecular formula is C12H20N2O. The highest BCUT2D eigenvalue weighted by Crippen LogP contribution is 2.04. The van der Waals surface area contributed by atoms with Gasteiger partial charge in [0.25, 0.3) is 0 Å². The van der Waals surface area contributed by atoms with Crippen LogP contribution in [0.25, 0.3) is 0 Å². The van der Waals surface area contributed by atoms with Gasteiger partial charge in [0.1, 0.15) is 0 Å². The zero-order valence-electron chi connectivity index (χ0n) is 9.32. The number of nitrogens with zero attached hydrogens (tertiary/aromatic N) is 2. The van der Waals surface area contributed by atoms with E-state index in [0.29, 0.717) is 0 Å². The summed E-state index contributed by atoms with van der Waals surface area (Å²) in [5.41, 5.74) is 0. The fraction of sp³-hybridized carbons (Fsp3) is 0.667. The number of aliphatic imine (C=N–C) groups is 1. The van der Waals surface area contributed by atoms with E-state index < -0.39 is 0 Å². The van der Waals surface area contributed by atoms with Gasteiger partial charge < -0.3 is 4.90 Å². The normalized spacial score (nSPS) is 19.3. The second kappa shape index (κ2) is 7.21. The molecule has 1 heterocycles. The van der Waals surface area contributed by atoms with E-state index in [2.05, 4.69) is 11.6 Å². The fourth-order valence-corrected chi connectivity index (χ4v) is 1.72. The first-order valence-electron chi connectivity index (χ1n) is 5.74. The molecule has 1 rings (SSSR count). The highest BCUT2D eigenvalue weighted by Gasteiger charge is 2.08. The van der Waals surface area contributed by atoms with Crippen LogP contribution in [0.4, 0.5) is 0 Å². The molecule has 0 aromatic carbocycles. The minimum absolute atomic E-state index is 0.0441. The molecule has 0 saturated heterocycles. The van der Waals surface area contributed by atoms with E-state index in [9.17, 15) is 4.79 Å². The summed E-state index contributed by atoms with van der Waals surface area (Å²) in [5, 5.41) is 0. The second-order valence-electron chi connectivity index (χ2n) is 3.82. The van der Waals surface area contributed by atoms with Crippen LogP contribution in [-0.4, -0.2) is 36.7 Å². The van der Waals surface area contributed by atoms with Gasteiger partial charge in [-0.25, -0.2) is 0 Å². The highest BCUT2D eigenvalue weighted by molar-refractivity contribution is 5.87. The standard InChI is InChI=1S/C12H20N2O/c1-2-12(15)14-10-6-4-3-5-8-13-9-7-11-14/h2,9H,1,3-8,10-11H2. The summed E-state index contributed by atoms with van der Waals surface area (Å²) < 4.78 is 0. The van der Waals surface area contributed by atoms with Gasteiger partial charge in [-0.2, -0.15) is 0 Å². The molecule has 0 spiro atoms. The molecule has 0 radical (unpaired) electrons. The van der Waals surface area contributed by atoms with E-state index in [1.54, 1.807) is 0 Å². The number of carbonyl (C=O) groups excluding carboxylic acids is 1. The molecule has 3 nitrogen and oxygen atoms in total. The molecule has 0 saturated carbocycles. The molecule has 0 bridgehead atoms. The maximum absolute atomic E-state index is 11.5. The number of hydrogen-bond donors (Lipinski definition) is 0. The van der Waals surface area contributed by atoms with Crippen molar-refractivity contribution in [2.75, 3.05) is 19.6 Å². The third-order valence-electron chi connectivity index (χ3n) is 2.61. The second-order valence-corrected chi connectivity index (χ2v) is 3.82. The first-order chi connectivity index (χ1) is 7.34. The van der Waals surface area contributed by atoms with Crippen molar-refractivity contribution >= 4 is 12.1 Å². The molecule has 3 heteroatoms. The summed E-state index contributed by atoms with van der Waals surface area (Å²) in [6.07, 6.45) is 8.88. The molecule has 1 amide bonds. The van der Waals surface area contributed by atoms with Crippen LogP contribution >= 0.6 is 0 Å². The van der Waals surface area contributed by atoms with E-state index in [4.69, 9.17) is 0 Å². The van der Waals surface area contributed by atoms with Crippen molar-refractivity contribution in [2.45, 2.75) is 32.1 Å². The Bertz CT molecular complexity index is 236. The zero-order valence-corrected chi connectivity index (χ0v) is 9.32. The lowest BCUT2D eigenvalue weighted by Crippen LogP contribution is -2.31. The van der Waals surface area contributed by atoms with Crippen LogP contribution in [0.5, 0.6) is 0 Å². The third-order valence-corrected chi connectivity index (χ3v) is 2.61. The molecule has 0 aromatic heterocycles. The lowest BCUT2D eigenvalue weighted by Gasteiger charge is -2.19. The number of amides is 1. The number of carbonyl (C=O) groups is 1. The molecule has 0 unspecified atom stereocenters. The van der Waals surface area contributed by atoms with Crippen LogP contribution in [0.15, 0.2) is 17.6 Å². The zero-order chi connectivity index (χ0) is 10.9. The molecule has 1 aliphatic heterocycles. The summed E-state index contributed by atoms with van der Waals surface area (Å²) >= 11 is 0. The number of hydrogen-bond acceptors (Lipinski definition) is 2. The van der Waals surface area contributed by atoms with Crippen molar-refractivity contribution in [3.8, 4) is 0 Å². The summed E-state index contributed by atoms with van der Waals surface area (Å²) in [7, 11) is 0. The average molecular weight is 208 g/mol. The molecule has 0 aromatic rings. The topological polar surface area (TPSA) is 32.7 Å². The van der Waals surface area contributed by atoms with Crippen LogP contribution in [0, 0.1) is 0 Å². The average Bonchev–Trinajstić information content (AvgIpc) is 2.32. The van der Waals surface area contributed by atoms with Gasteiger partial charge >= 0.3 is 0 Å². The monoisotopic (exact) mass is 208 g/mol. The van der Waals surface area contributed by atoms with E-state index in [1.807, 2.05) is 11.1 Å². The minimum atomic E-state index is 0.0441. The van der Waals surface area contributed by atoms with Crippen LogP contribution in [0.1, 0.15) is 32.1 Å². The van der Waals surface area contributed by atoms with Gasteiger partial charge in [0, 0.05) is 25.8 Å². The maximum Gasteiger partial charge on any atom is 0.245 e. The maximum atomic E-state index is 11.5. The Morgan fingerprint density at radius 2 is 2.07 bits per heavy atom. The van der Waals surface area contributed by atoms with Crippen molar-refractivity contribution in [1.29, 1.82) is 0 Å². The van der Waals surface area contributed by atoms with Crippen molar-refractivity contribution < 1.29 is 4.79 Å². The van der Waals surface area contributed by atoms with E-state index >= 15 is 0 Å². The quantitative estimate of drug-likeness (QED) is 0.607. The van der Waals surface area contributed by atoms with E-state index in [-0.39, 0.29) is 5.91 Å². The van der Waals surface area contributed by atoms with Crippen LogP contribution < -0.4 is 0 Å². The van der Waals surface area contributed by atoms with E-state index in [1.165, 1.54) is 25.3 Å². The molecular weight excluding hydrogens is 188 g/mol. The molecule has 0 fully saturated rings. The van der Waals surface area contributed by atoms with Gasteiger partial charge in [0.15, 0.2) is 0 Å². The lowest BCUT2D eigenvalue weighted by atomic mass is 10.2. The smallest absolute Gasteiger partial charge is 0.245 e. The fourth-order valence-electron chi connectivity index (χ4n) is 1.72. The first kappa shape index (κ1) is 12.0. The minimum Gasteiger partial charge on any atom is -0.339 e. The van der Waals surface area contributed by atoms with Crippen LogP contribution in [-0.2, 0) is 4.79 Å². The first-order valence-corrected chi connectivity index (χ1v) is 5.74. The van der Waals surface area contributed by atoms with E-state index in [0.717, 1.165) is 32.5 Å². The Morgan fingerprint density at radius 1 is 1.27 bits per heavy atom. The Labute approximate surface area is 91.9 Å². The Kier molecular flexibility index (Phi) is 5.74. The van der Waals surface area contributed by atoms with Crippen molar-refractivity contribution in [3.63, 3.8) is 0 Å². The molecule has 0 N–H and O–H groups in total. The molecule has 84 valence electrons. The summed E-state index contributed by atoms with van der Waals surface area (Å²) in [4.78, 5) is 17.6. The van der Waals surface area contributed by atoms with Gasteiger partial charge in [0.05, 0.1) is 0 Å². The Hall–Kier alpha value is -1.12. The van der Waals surface area contributed by atoms with Gasteiger partial charge in [-0.15, -0.1) is 0 Å². The van der Waals surface area contributed by atoms with Gasteiger partial charge in [-0.05, 0) is 25.3 Å². The third kappa shape index (κ3) is 4.77. The molecule has 15 heavy (non-hydrogen) atoms. The predicted molar refractivity (Wildman–Crippen MR) is 63.2 cm³/mol. The molecule has 0 atom stereocenters. The Morgan fingerprint density at radius 3 is 2.87 bits per heavy atom. The van der Waals surface area contributed by atoms with Gasteiger partial charge in [0.2, 0.25) is 5.91 Å². The SMILES string of the molecule is C=CC(=O)N1CCC=NCCCCCC1. The summed E-state index contributed by atoms with van der Waals surface area (Å²) in [6, 6.07) is 0. The molecule has 1 aliphatic rings. The van der Waals surface area contributed by atoms with Crippen LogP contribution in [0.2, 0.25) is 0 Å². The number of rotatable bonds is 1. The predicted octanol–water partition coefficient (Wildman–Crippen LogP) is 2.04. The lowest BCUT2D eigenvalue weighted by molar-refractivity contribution is -0.126. The van der Waals surface area contributed by atoms with Gasteiger partial charge in [-0.3, -0.25) is 9.79 Å². The van der Waals surface area contributed by atoms with Crippen molar-refractivity contribution in [3.05, 3.63) is 12.7 Å².